The van der Waals surface area contributed by atoms with Crippen LogP contribution in [0.1, 0.15) is 21.7 Å². The molecule has 1 saturated heterocycles. The minimum absolute atomic E-state index is 0.0103. The first-order valence-corrected chi connectivity index (χ1v) is 9.92. The molecule has 1 amide bonds. The summed E-state index contributed by atoms with van der Waals surface area (Å²) < 4.78 is 16.6. The molecule has 1 aromatic heterocycles. The third-order valence-electron chi connectivity index (χ3n) is 5.70. The van der Waals surface area contributed by atoms with Crippen LogP contribution in [0.2, 0.25) is 0 Å². The second-order valence-electron chi connectivity index (χ2n) is 7.46. The van der Waals surface area contributed by atoms with Crippen LogP contribution in [0.15, 0.2) is 46.9 Å². The van der Waals surface area contributed by atoms with E-state index >= 15 is 0 Å². The molecule has 1 aliphatic heterocycles. The summed E-state index contributed by atoms with van der Waals surface area (Å²) in [6.45, 7) is 6.10. The zero-order valence-electron chi connectivity index (χ0n) is 17.2. The number of para-hydroxylation sites is 1. The lowest BCUT2D eigenvalue weighted by Gasteiger charge is -2.32. The topological polar surface area (TPSA) is 56.4 Å². The van der Waals surface area contributed by atoms with E-state index in [2.05, 4.69) is 6.07 Å². The Morgan fingerprint density at radius 1 is 1.07 bits per heavy atom. The first-order valence-electron chi connectivity index (χ1n) is 9.92. The number of quaternary nitrogens is 1. The van der Waals surface area contributed by atoms with Crippen molar-refractivity contribution in [2.45, 2.75) is 13.5 Å². The van der Waals surface area contributed by atoms with Crippen LogP contribution in [-0.4, -0.2) is 51.2 Å². The summed E-state index contributed by atoms with van der Waals surface area (Å²) in [6.07, 6.45) is 0. The van der Waals surface area contributed by atoms with Crippen LogP contribution in [0.5, 0.6) is 11.5 Å². The normalized spacial score (nSPS) is 14.9. The molecular formula is C23H27N2O4+. The lowest BCUT2D eigenvalue weighted by molar-refractivity contribution is -0.917. The zero-order valence-corrected chi connectivity index (χ0v) is 17.2. The first-order chi connectivity index (χ1) is 14.1. The lowest BCUT2D eigenvalue weighted by Crippen LogP contribution is -3.13. The van der Waals surface area contributed by atoms with Gasteiger partial charge in [0.15, 0.2) is 17.3 Å². The van der Waals surface area contributed by atoms with Crippen molar-refractivity contribution in [3.05, 3.63) is 59.4 Å². The maximum absolute atomic E-state index is 13.0. The predicted octanol–water partition coefficient (Wildman–Crippen LogP) is 2.30. The van der Waals surface area contributed by atoms with Gasteiger partial charge in [-0.15, -0.1) is 0 Å². The van der Waals surface area contributed by atoms with Crippen molar-refractivity contribution in [3.63, 3.8) is 0 Å². The van der Waals surface area contributed by atoms with Crippen LogP contribution in [0.25, 0.3) is 11.0 Å². The van der Waals surface area contributed by atoms with Gasteiger partial charge in [-0.2, -0.15) is 0 Å². The quantitative estimate of drug-likeness (QED) is 0.720. The molecule has 1 aliphatic rings. The van der Waals surface area contributed by atoms with E-state index in [9.17, 15) is 4.79 Å². The van der Waals surface area contributed by atoms with Gasteiger partial charge in [0, 0.05) is 16.5 Å². The van der Waals surface area contributed by atoms with Crippen LogP contribution < -0.4 is 14.4 Å². The van der Waals surface area contributed by atoms with Gasteiger partial charge in [-0.05, 0) is 31.2 Å². The summed E-state index contributed by atoms with van der Waals surface area (Å²) in [6, 6.07) is 13.8. The van der Waals surface area contributed by atoms with Crippen molar-refractivity contribution >= 4 is 16.9 Å². The van der Waals surface area contributed by atoms with Gasteiger partial charge in [0.2, 0.25) is 0 Å². The summed E-state index contributed by atoms with van der Waals surface area (Å²) in [5.41, 5.74) is 2.89. The number of furan rings is 1. The molecule has 0 atom stereocenters. The van der Waals surface area contributed by atoms with E-state index in [1.807, 2.05) is 48.2 Å². The number of fused-ring (bicyclic) bond motifs is 1. The summed E-state index contributed by atoms with van der Waals surface area (Å²) in [5.74, 6) is 1.94. The molecule has 1 fully saturated rings. The van der Waals surface area contributed by atoms with E-state index in [1.54, 1.807) is 14.2 Å². The minimum Gasteiger partial charge on any atom is -0.493 e. The van der Waals surface area contributed by atoms with Gasteiger partial charge in [-0.3, -0.25) is 4.79 Å². The Kier molecular flexibility index (Phi) is 5.45. The molecule has 152 valence electrons. The van der Waals surface area contributed by atoms with Gasteiger partial charge in [0.25, 0.3) is 5.91 Å². The van der Waals surface area contributed by atoms with Crippen molar-refractivity contribution in [2.24, 2.45) is 0 Å². The predicted molar refractivity (Wildman–Crippen MR) is 111 cm³/mol. The SMILES string of the molecule is COc1ccc(C[NH+]2CCN(C(=O)c3oc4ccccc4c3C)CC2)cc1OC. The van der Waals surface area contributed by atoms with Crippen molar-refractivity contribution in [3.8, 4) is 11.5 Å². The van der Waals surface area contributed by atoms with Crippen LogP contribution in [0.4, 0.5) is 0 Å². The average molecular weight is 395 g/mol. The molecule has 0 aliphatic carbocycles. The van der Waals surface area contributed by atoms with E-state index in [0.717, 1.165) is 60.8 Å². The lowest BCUT2D eigenvalue weighted by atomic mass is 10.1. The zero-order chi connectivity index (χ0) is 20.4. The Labute approximate surface area is 170 Å². The van der Waals surface area contributed by atoms with Crippen molar-refractivity contribution in [1.82, 2.24) is 4.90 Å². The second kappa shape index (κ2) is 8.17. The van der Waals surface area contributed by atoms with Crippen LogP contribution in [0.3, 0.4) is 0 Å². The number of ether oxygens (including phenoxy) is 2. The van der Waals surface area contributed by atoms with E-state index in [-0.39, 0.29) is 5.91 Å². The molecule has 0 radical (unpaired) electrons. The van der Waals surface area contributed by atoms with Crippen molar-refractivity contribution < 1.29 is 23.6 Å². The molecular weight excluding hydrogens is 368 g/mol. The van der Waals surface area contributed by atoms with Crippen molar-refractivity contribution in [2.75, 3.05) is 40.4 Å². The molecule has 0 spiro atoms. The number of rotatable bonds is 5. The number of benzene rings is 2. The van der Waals surface area contributed by atoms with Crippen molar-refractivity contribution in [1.29, 1.82) is 0 Å². The molecule has 6 nitrogen and oxygen atoms in total. The molecule has 1 N–H and O–H groups in total. The molecule has 6 heteroatoms. The summed E-state index contributed by atoms with van der Waals surface area (Å²) in [4.78, 5) is 16.4. The van der Waals surface area contributed by atoms with E-state index in [0.29, 0.717) is 5.76 Å². The standard InChI is InChI=1S/C23H26N2O4/c1-16-18-6-4-5-7-19(18)29-22(16)23(26)25-12-10-24(11-13-25)15-17-8-9-20(27-2)21(14-17)28-3/h4-9,14H,10-13,15H2,1-3H3/p+1. The molecule has 29 heavy (non-hydrogen) atoms. The van der Waals surface area contributed by atoms with Gasteiger partial charge in [-0.1, -0.05) is 18.2 Å². The first kappa shape index (κ1) is 19.3. The van der Waals surface area contributed by atoms with Crippen LogP contribution in [-0.2, 0) is 6.54 Å². The molecule has 0 bridgehead atoms. The van der Waals surface area contributed by atoms with Crippen LogP contribution in [0, 0.1) is 6.92 Å². The Balaban J connectivity index is 1.40. The van der Waals surface area contributed by atoms with Gasteiger partial charge in [0.1, 0.15) is 12.1 Å². The summed E-state index contributed by atoms with van der Waals surface area (Å²) >= 11 is 0. The fraction of sp³-hybridized carbons (Fsp3) is 0.348. The number of nitrogens with one attached hydrogen (secondary N) is 1. The molecule has 0 saturated carbocycles. The van der Waals surface area contributed by atoms with Gasteiger partial charge < -0.3 is 23.7 Å². The Morgan fingerprint density at radius 2 is 1.79 bits per heavy atom. The Bertz CT molecular complexity index is 1020. The number of aryl methyl sites for hydroxylation is 1. The number of hydrogen-bond acceptors (Lipinski definition) is 4. The number of hydrogen-bond donors (Lipinski definition) is 1. The number of nitrogens with zero attached hydrogens (tertiary/aromatic N) is 1. The van der Waals surface area contributed by atoms with E-state index in [1.165, 1.54) is 10.5 Å². The molecule has 4 rings (SSSR count). The highest BCUT2D eigenvalue weighted by Gasteiger charge is 2.28. The maximum atomic E-state index is 13.0. The molecule has 3 aromatic rings. The fourth-order valence-electron chi connectivity index (χ4n) is 4.00. The van der Waals surface area contributed by atoms with Gasteiger partial charge in [-0.25, -0.2) is 0 Å². The van der Waals surface area contributed by atoms with Gasteiger partial charge >= 0.3 is 0 Å². The van der Waals surface area contributed by atoms with E-state index in [4.69, 9.17) is 13.9 Å². The highest BCUT2D eigenvalue weighted by molar-refractivity contribution is 5.98. The fourth-order valence-corrected chi connectivity index (χ4v) is 4.00. The minimum atomic E-state index is -0.0103. The number of piperazine rings is 1. The molecule has 0 unspecified atom stereocenters. The smallest absolute Gasteiger partial charge is 0.290 e. The van der Waals surface area contributed by atoms with Gasteiger partial charge in [0.05, 0.1) is 40.4 Å². The second-order valence-corrected chi connectivity index (χ2v) is 7.46. The largest absolute Gasteiger partial charge is 0.493 e. The van der Waals surface area contributed by atoms with E-state index < -0.39 is 0 Å². The Morgan fingerprint density at radius 3 is 2.48 bits per heavy atom. The Hall–Kier alpha value is -2.99. The number of carbonyl (C=O) groups excluding carboxylic acids is 1. The summed E-state index contributed by atoms with van der Waals surface area (Å²) in [5, 5.41) is 1.01. The number of amides is 1. The average Bonchev–Trinajstić information content (AvgIpc) is 3.10. The third-order valence-corrected chi connectivity index (χ3v) is 5.70. The number of methoxy groups -OCH3 is 2. The number of carbonyl (C=O) groups is 1. The maximum Gasteiger partial charge on any atom is 0.290 e. The monoisotopic (exact) mass is 395 g/mol. The summed E-state index contributed by atoms with van der Waals surface area (Å²) in [7, 11) is 3.29. The highest BCUT2D eigenvalue weighted by Crippen LogP contribution is 2.27. The molecule has 2 heterocycles. The highest BCUT2D eigenvalue weighted by atomic mass is 16.5. The van der Waals surface area contributed by atoms with Crippen LogP contribution >= 0.6 is 0 Å². The third kappa shape index (κ3) is 3.80. The molecule has 2 aromatic carbocycles.